The highest BCUT2D eigenvalue weighted by Crippen LogP contribution is 2.31. The fourth-order valence-corrected chi connectivity index (χ4v) is 3.99. The minimum atomic E-state index is -0.224. The highest BCUT2D eigenvalue weighted by molar-refractivity contribution is 5.83. The molecule has 0 aliphatic carbocycles. The van der Waals surface area contributed by atoms with Crippen LogP contribution in [-0.2, 0) is 6.42 Å². The summed E-state index contributed by atoms with van der Waals surface area (Å²) < 4.78 is 13.5. The van der Waals surface area contributed by atoms with E-state index in [0.717, 1.165) is 71.2 Å². The molecule has 1 fully saturated rings. The van der Waals surface area contributed by atoms with Crippen LogP contribution in [0.5, 0.6) is 0 Å². The number of hydrogen-bond acceptors (Lipinski definition) is 3. The first-order chi connectivity index (χ1) is 12.7. The van der Waals surface area contributed by atoms with Crippen LogP contribution in [0.1, 0.15) is 48.4 Å². The molecular formula is C21H24FN3O. The third kappa shape index (κ3) is 3.73. The van der Waals surface area contributed by atoms with E-state index >= 15 is 0 Å². The second-order valence-corrected chi connectivity index (χ2v) is 7.19. The summed E-state index contributed by atoms with van der Waals surface area (Å²) in [6, 6.07) is 10.9. The van der Waals surface area contributed by atoms with Gasteiger partial charge in [0, 0.05) is 12.0 Å². The van der Waals surface area contributed by atoms with Gasteiger partial charge in [-0.25, -0.2) is 4.39 Å². The van der Waals surface area contributed by atoms with Gasteiger partial charge in [-0.15, -0.1) is 9.94 Å². The van der Waals surface area contributed by atoms with Gasteiger partial charge in [-0.1, -0.05) is 24.3 Å². The van der Waals surface area contributed by atoms with Gasteiger partial charge >= 0.3 is 0 Å². The average molecular weight is 353 g/mol. The molecule has 4 rings (SSSR count). The zero-order valence-corrected chi connectivity index (χ0v) is 14.8. The van der Waals surface area contributed by atoms with Gasteiger partial charge in [0.1, 0.15) is 5.82 Å². The van der Waals surface area contributed by atoms with E-state index in [9.17, 15) is 9.60 Å². The molecule has 2 heterocycles. The van der Waals surface area contributed by atoms with Crippen molar-refractivity contribution in [1.82, 2.24) is 15.3 Å². The van der Waals surface area contributed by atoms with Gasteiger partial charge in [0.25, 0.3) is 0 Å². The summed E-state index contributed by atoms with van der Waals surface area (Å²) in [6.07, 6.45) is 6.88. The number of hydrogen-bond donors (Lipinski definition) is 2. The van der Waals surface area contributed by atoms with Gasteiger partial charge < -0.3 is 10.5 Å². The zero-order valence-electron chi connectivity index (χ0n) is 14.8. The van der Waals surface area contributed by atoms with Crippen LogP contribution in [0, 0.1) is 5.82 Å². The first-order valence-corrected chi connectivity index (χ1v) is 9.35. The van der Waals surface area contributed by atoms with Crippen LogP contribution in [0.2, 0.25) is 0 Å². The number of nitrogens with one attached hydrogen (secondary N) is 1. The van der Waals surface area contributed by atoms with Gasteiger partial charge in [0.15, 0.2) is 0 Å². The van der Waals surface area contributed by atoms with Crippen LogP contribution in [0.3, 0.4) is 0 Å². The number of rotatable bonds is 3. The predicted molar refractivity (Wildman–Crippen MR) is 100 cm³/mol. The maximum atomic E-state index is 13.5. The van der Waals surface area contributed by atoms with Gasteiger partial charge in [-0.2, -0.15) is 0 Å². The molecule has 0 atom stereocenters. The Kier molecular flexibility index (Phi) is 4.89. The molecule has 3 aromatic rings. The normalized spacial score (nSPS) is 16.5. The lowest BCUT2D eigenvalue weighted by Crippen LogP contribution is -2.21. The Hall–Kier alpha value is -2.40. The van der Waals surface area contributed by atoms with Crippen LogP contribution >= 0.6 is 0 Å². The quantitative estimate of drug-likeness (QED) is 0.692. The van der Waals surface area contributed by atoms with Crippen molar-refractivity contribution in [2.45, 2.75) is 38.0 Å². The van der Waals surface area contributed by atoms with Crippen LogP contribution in [-0.4, -0.2) is 28.2 Å². The highest BCUT2D eigenvalue weighted by Gasteiger charge is 2.20. The molecule has 0 spiro atoms. The van der Waals surface area contributed by atoms with Gasteiger partial charge in [0.2, 0.25) is 0 Å². The Bertz CT molecular complexity index is 897. The Morgan fingerprint density at radius 3 is 2.65 bits per heavy atom. The maximum Gasteiger partial charge on any atom is 0.123 e. The monoisotopic (exact) mass is 353 g/mol. The Balaban J connectivity index is 1.61. The van der Waals surface area contributed by atoms with Crippen LogP contribution in [0.4, 0.5) is 4.39 Å². The van der Waals surface area contributed by atoms with Crippen LogP contribution < -0.4 is 5.32 Å². The van der Waals surface area contributed by atoms with Crippen molar-refractivity contribution in [2.75, 3.05) is 13.1 Å². The van der Waals surface area contributed by atoms with Crippen molar-refractivity contribution in [3.8, 4) is 0 Å². The van der Waals surface area contributed by atoms with Gasteiger partial charge in [0.05, 0.1) is 11.9 Å². The van der Waals surface area contributed by atoms with Crippen LogP contribution in [0.15, 0.2) is 42.6 Å². The Morgan fingerprint density at radius 1 is 1.08 bits per heavy atom. The van der Waals surface area contributed by atoms with Crippen molar-refractivity contribution in [2.24, 2.45) is 0 Å². The average Bonchev–Trinajstić information content (AvgIpc) is 2.94. The standard InChI is InChI=1S/C21H24FN3O/c22-19-8-7-16-6-5-15(11-18(16)13-19)12-21-20(14-25(26)24-21)17-3-1-9-23-10-2-4-17/h5-8,11,13-14,17,23,26H,1-4,9-10,12H2. The van der Waals surface area contributed by atoms with E-state index < -0.39 is 0 Å². The number of benzene rings is 2. The Labute approximate surface area is 152 Å². The minimum Gasteiger partial charge on any atom is -0.412 e. The molecular weight excluding hydrogens is 329 g/mol. The lowest BCUT2D eigenvalue weighted by atomic mass is 9.88. The zero-order chi connectivity index (χ0) is 17.9. The number of aromatic nitrogens is 2. The molecule has 4 nitrogen and oxygen atoms in total. The smallest absolute Gasteiger partial charge is 0.123 e. The van der Waals surface area contributed by atoms with Crippen molar-refractivity contribution < 1.29 is 9.60 Å². The summed E-state index contributed by atoms with van der Waals surface area (Å²) >= 11 is 0. The number of nitrogens with zero attached hydrogens (tertiary/aromatic N) is 2. The lowest BCUT2D eigenvalue weighted by molar-refractivity contribution is 0.147. The summed E-state index contributed by atoms with van der Waals surface area (Å²) in [5.41, 5.74) is 3.14. The minimum absolute atomic E-state index is 0.224. The molecule has 26 heavy (non-hydrogen) atoms. The molecule has 0 amide bonds. The fourth-order valence-electron chi connectivity index (χ4n) is 3.99. The molecule has 1 saturated heterocycles. The fraction of sp³-hybridized carbons (Fsp3) is 0.381. The topological polar surface area (TPSA) is 50.1 Å². The number of halogens is 1. The summed E-state index contributed by atoms with van der Waals surface area (Å²) in [4.78, 5) is 0.947. The van der Waals surface area contributed by atoms with Crippen molar-refractivity contribution in [3.05, 3.63) is 65.2 Å². The molecule has 1 aromatic heterocycles. The van der Waals surface area contributed by atoms with E-state index in [1.54, 1.807) is 18.3 Å². The first-order valence-electron chi connectivity index (χ1n) is 9.35. The van der Waals surface area contributed by atoms with E-state index in [0.29, 0.717) is 12.3 Å². The van der Waals surface area contributed by atoms with E-state index in [1.807, 2.05) is 12.1 Å². The molecule has 1 aliphatic rings. The maximum absolute atomic E-state index is 13.5. The molecule has 136 valence electrons. The van der Waals surface area contributed by atoms with Crippen molar-refractivity contribution in [1.29, 1.82) is 0 Å². The largest absolute Gasteiger partial charge is 0.412 e. The molecule has 1 aliphatic heterocycles. The second kappa shape index (κ2) is 7.46. The molecule has 2 N–H and O–H groups in total. The first kappa shape index (κ1) is 17.0. The third-order valence-corrected chi connectivity index (χ3v) is 5.30. The highest BCUT2D eigenvalue weighted by atomic mass is 19.1. The van der Waals surface area contributed by atoms with Crippen molar-refractivity contribution in [3.63, 3.8) is 0 Å². The lowest BCUT2D eigenvalue weighted by Gasteiger charge is -2.20. The van der Waals surface area contributed by atoms with Gasteiger partial charge in [-0.05, 0) is 73.2 Å². The molecule has 0 unspecified atom stereocenters. The third-order valence-electron chi connectivity index (χ3n) is 5.30. The van der Waals surface area contributed by atoms with Crippen molar-refractivity contribution >= 4 is 10.8 Å². The van der Waals surface area contributed by atoms with Crippen LogP contribution in [0.25, 0.3) is 10.8 Å². The van der Waals surface area contributed by atoms with E-state index in [2.05, 4.69) is 16.5 Å². The van der Waals surface area contributed by atoms with E-state index in [-0.39, 0.29) is 5.82 Å². The summed E-state index contributed by atoms with van der Waals surface area (Å²) in [6.45, 7) is 2.10. The molecule has 0 saturated carbocycles. The summed E-state index contributed by atoms with van der Waals surface area (Å²) in [5.74, 6) is 0.212. The Morgan fingerprint density at radius 2 is 1.85 bits per heavy atom. The van der Waals surface area contributed by atoms with E-state index in [4.69, 9.17) is 0 Å². The van der Waals surface area contributed by atoms with Gasteiger partial charge in [-0.3, -0.25) is 0 Å². The predicted octanol–water partition coefficient (Wildman–Crippen LogP) is 4.25. The summed E-state index contributed by atoms with van der Waals surface area (Å²) in [7, 11) is 0. The molecule has 5 heteroatoms. The number of fused-ring (bicyclic) bond motifs is 1. The molecule has 0 radical (unpaired) electrons. The molecule has 2 aromatic carbocycles. The van der Waals surface area contributed by atoms with E-state index in [1.165, 1.54) is 6.07 Å². The summed E-state index contributed by atoms with van der Waals surface area (Å²) in [5, 5.41) is 19.6. The molecule has 0 bridgehead atoms. The SMILES string of the molecule is On1cc(C2CCCNCCC2)c(Cc2ccc3ccc(F)cc3c2)n1. The second-order valence-electron chi connectivity index (χ2n) is 7.19.